The van der Waals surface area contributed by atoms with Gasteiger partial charge in [0.05, 0.1) is 0 Å². The zero-order valence-corrected chi connectivity index (χ0v) is 16.4. The van der Waals surface area contributed by atoms with Gasteiger partial charge in [0.25, 0.3) is 0 Å². The van der Waals surface area contributed by atoms with Gasteiger partial charge in [-0.25, -0.2) is 0 Å². The molecule has 0 aromatic rings. The third kappa shape index (κ3) is 6.29. The molecule has 0 amide bonds. The Morgan fingerprint density at radius 1 is 0.900 bits per heavy atom. The molecular formula is C17H32O2Sn. The average Bonchev–Trinajstić information content (AvgIpc) is 3.24. The molecular weight excluding hydrogens is 355 g/mol. The van der Waals surface area contributed by atoms with E-state index in [9.17, 15) is 4.79 Å². The van der Waals surface area contributed by atoms with Gasteiger partial charge in [-0.2, -0.15) is 0 Å². The van der Waals surface area contributed by atoms with E-state index >= 15 is 0 Å². The topological polar surface area (TPSA) is 29.6 Å². The van der Waals surface area contributed by atoms with Gasteiger partial charge in [-0.3, -0.25) is 0 Å². The van der Waals surface area contributed by atoms with Crippen LogP contribution in [0.4, 0.5) is 0 Å². The van der Waals surface area contributed by atoms with Crippen molar-refractivity contribution in [2.45, 2.75) is 84.8 Å². The van der Waals surface area contributed by atoms with Crippen molar-refractivity contribution >= 4 is 24.7 Å². The monoisotopic (exact) mass is 388 g/mol. The van der Waals surface area contributed by atoms with E-state index < -0.39 is 18.4 Å². The van der Waals surface area contributed by atoms with Crippen molar-refractivity contribution in [2.75, 3.05) is 0 Å². The van der Waals surface area contributed by atoms with Crippen LogP contribution >= 0.6 is 0 Å². The molecule has 0 unspecified atom stereocenters. The summed E-state index contributed by atoms with van der Waals surface area (Å²) in [5.41, 5.74) is 0. The molecule has 116 valence electrons. The van der Waals surface area contributed by atoms with Crippen LogP contribution in [-0.4, -0.2) is 36.9 Å². The van der Waals surface area contributed by atoms with Gasteiger partial charge in [0.2, 0.25) is 0 Å². The van der Waals surface area contributed by atoms with Crippen LogP contribution in [0.15, 0.2) is 10.2 Å². The normalized spacial score (nSPS) is 22.4. The van der Waals surface area contributed by atoms with Gasteiger partial charge in [-0.1, -0.05) is 0 Å². The van der Waals surface area contributed by atoms with Crippen LogP contribution in [0.1, 0.15) is 59.3 Å². The van der Waals surface area contributed by atoms with E-state index in [4.69, 9.17) is 4.74 Å². The Morgan fingerprint density at radius 3 is 1.75 bits per heavy atom. The minimum absolute atomic E-state index is 0.105. The van der Waals surface area contributed by atoms with E-state index in [2.05, 4.69) is 30.9 Å². The first kappa shape index (κ1) is 18.2. The summed E-state index contributed by atoms with van der Waals surface area (Å²) in [5.74, 6) is 0. The zero-order chi connectivity index (χ0) is 14.8. The van der Waals surface area contributed by atoms with Gasteiger partial charge < -0.3 is 0 Å². The Morgan fingerprint density at radius 2 is 1.40 bits per heavy atom. The van der Waals surface area contributed by atoms with Crippen LogP contribution in [0.5, 0.6) is 0 Å². The number of ether oxygens (including phenoxy) is 1. The first-order valence-electron chi connectivity index (χ1n) is 8.51. The molecule has 1 aliphatic rings. The standard InChI is InChI=1S/C5H5O2.3C4H9.Sn/c1-2-4-5(3-6)7-4;3*1-3-4-2;/h1-5H;3*1,3-4H2,2H3;/t4-,5+;;;;/m0..../s1. The summed E-state index contributed by atoms with van der Waals surface area (Å²) < 4.78 is 12.4. The van der Waals surface area contributed by atoms with Crippen molar-refractivity contribution < 1.29 is 9.53 Å². The predicted octanol–water partition coefficient (Wildman–Crippen LogP) is 4.90. The first-order chi connectivity index (χ1) is 9.71. The SMILES string of the molecule is CCC[CH2][Sn](/[CH]=C/[C@@H]1O[C@@H]1C=O)([CH2]CCC)[CH2]CCC. The van der Waals surface area contributed by atoms with Crippen molar-refractivity contribution in [2.24, 2.45) is 0 Å². The van der Waals surface area contributed by atoms with Gasteiger partial charge >= 0.3 is 129 Å². The fourth-order valence-electron chi connectivity index (χ4n) is 2.91. The Kier molecular flexibility index (Phi) is 9.10. The molecule has 0 aliphatic carbocycles. The molecule has 3 heteroatoms. The van der Waals surface area contributed by atoms with E-state index in [1.165, 1.54) is 51.8 Å². The molecule has 0 aromatic carbocycles. The molecule has 2 nitrogen and oxygen atoms in total. The van der Waals surface area contributed by atoms with Crippen molar-refractivity contribution in [3.8, 4) is 0 Å². The summed E-state index contributed by atoms with van der Waals surface area (Å²) in [6, 6.07) is 0. The Balaban J connectivity index is 2.68. The van der Waals surface area contributed by atoms with Crippen LogP contribution in [-0.2, 0) is 9.53 Å². The fourth-order valence-corrected chi connectivity index (χ4v) is 17.2. The molecule has 1 rings (SSSR count). The second kappa shape index (κ2) is 9.99. The average molecular weight is 387 g/mol. The van der Waals surface area contributed by atoms with Crippen LogP contribution in [0, 0.1) is 0 Å². The molecule has 1 saturated heterocycles. The van der Waals surface area contributed by atoms with Gasteiger partial charge in [0, 0.05) is 0 Å². The summed E-state index contributed by atoms with van der Waals surface area (Å²) in [6.07, 6.45) is 11.2. The third-order valence-corrected chi connectivity index (χ3v) is 18.5. The summed E-state index contributed by atoms with van der Waals surface area (Å²) in [6.45, 7) is 6.89. The molecule has 20 heavy (non-hydrogen) atoms. The Bertz CT molecular complexity index is 280. The summed E-state index contributed by atoms with van der Waals surface area (Å²) in [5, 5.41) is 0. The molecule has 0 spiro atoms. The van der Waals surface area contributed by atoms with E-state index in [-0.39, 0.29) is 12.2 Å². The molecule has 0 radical (unpaired) electrons. The number of carbonyl (C=O) groups is 1. The molecule has 0 bridgehead atoms. The first-order valence-corrected chi connectivity index (χ1v) is 16.2. The Labute approximate surface area is 129 Å². The van der Waals surface area contributed by atoms with E-state index in [0.717, 1.165) is 6.29 Å². The molecule has 1 aliphatic heterocycles. The third-order valence-electron chi connectivity index (χ3n) is 4.42. The summed E-state index contributed by atoms with van der Waals surface area (Å²) in [4.78, 5) is 10.7. The quantitative estimate of drug-likeness (QED) is 0.271. The molecule has 0 aromatic heterocycles. The number of epoxide rings is 1. The second-order valence-electron chi connectivity index (χ2n) is 6.23. The molecule has 1 heterocycles. The Hall–Kier alpha value is 0.169. The van der Waals surface area contributed by atoms with Gasteiger partial charge in [-0.05, 0) is 0 Å². The van der Waals surface area contributed by atoms with Gasteiger partial charge in [0.15, 0.2) is 0 Å². The molecule has 0 N–H and O–H groups in total. The van der Waals surface area contributed by atoms with Crippen molar-refractivity contribution in [1.29, 1.82) is 0 Å². The fraction of sp³-hybridized carbons (Fsp3) is 0.824. The van der Waals surface area contributed by atoms with Gasteiger partial charge in [-0.15, -0.1) is 0 Å². The van der Waals surface area contributed by atoms with Crippen LogP contribution < -0.4 is 0 Å². The number of hydrogen-bond acceptors (Lipinski definition) is 2. The second-order valence-corrected chi connectivity index (χ2v) is 19.2. The number of carbonyl (C=O) groups excluding carboxylic acids is 1. The maximum absolute atomic E-state index is 10.7. The summed E-state index contributed by atoms with van der Waals surface area (Å²) >= 11 is -2.14. The van der Waals surface area contributed by atoms with Gasteiger partial charge in [0.1, 0.15) is 0 Å². The van der Waals surface area contributed by atoms with E-state index in [1.54, 1.807) is 0 Å². The van der Waals surface area contributed by atoms with Crippen molar-refractivity contribution in [1.82, 2.24) is 0 Å². The predicted molar refractivity (Wildman–Crippen MR) is 88.8 cm³/mol. The molecule has 1 fully saturated rings. The van der Waals surface area contributed by atoms with E-state index in [0.29, 0.717) is 0 Å². The number of unbranched alkanes of at least 4 members (excludes halogenated alkanes) is 3. The number of hydrogen-bond donors (Lipinski definition) is 0. The van der Waals surface area contributed by atoms with E-state index in [1.807, 2.05) is 0 Å². The number of rotatable bonds is 12. The molecule has 0 saturated carbocycles. The van der Waals surface area contributed by atoms with Crippen LogP contribution in [0.2, 0.25) is 13.3 Å². The molecule has 2 atom stereocenters. The maximum atomic E-state index is 10.7. The van der Waals surface area contributed by atoms with Crippen molar-refractivity contribution in [3.63, 3.8) is 0 Å². The number of aldehydes is 1. The van der Waals surface area contributed by atoms with Crippen LogP contribution in [0.3, 0.4) is 0 Å². The van der Waals surface area contributed by atoms with Crippen molar-refractivity contribution in [3.05, 3.63) is 10.2 Å². The zero-order valence-electron chi connectivity index (χ0n) is 13.6. The minimum atomic E-state index is -2.14. The summed E-state index contributed by atoms with van der Waals surface area (Å²) in [7, 11) is 0. The van der Waals surface area contributed by atoms with Crippen LogP contribution in [0.25, 0.3) is 0 Å².